The molecule has 0 atom stereocenters. The Hall–Kier alpha value is -0.350. The molecule has 1 heterocycles. The highest BCUT2D eigenvalue weighted by Gasteiger charge is 2.12. The molecule has 1 N–H and O–H groups in total. The van der Waals surface area contributed by atoms with Crippen molar-refractivity contribution in [2.75, 3.05) is 19.6 Å². The molecule has 0 aliphatic carbocycles. The third-order valence-electron chi connectivity index (χ3n) is 1.54. The van der Waals surface area contributed by atoms with Crippen LogP contribution < -0.4 is 0 Å². The van der Waals surface area contributed by atoms with Crippen molar-refractivity contribution in [3.8, 4) is 0 Å². The minimum Gasteiger partial charge on any atom is -0.480 e. The molecule has 0 amide bonds. The Kier molecular flexibility index (Phi) is 3.08. The van der Waals surface area contributed by atoms with E-state index in [4.69, 9.17) is 5.11 Å². The molecular formula is C7H10BrNO2. The van der Waals surface area contributed by atoms with Gasteiger partial charge in [0, 0.05) is 17.6 Å². The second-order valence-electron chi connectivity index (χ2n) is 2.54. The van der Waals surface area contributed by atoms with Crippen LogP contribution in [0.25, 0.3) is 0 Å². The molecule has 0 bridgehead atoms. The SMILES string of the molecule is O=C(O)CN1CCC=C(Br)C1. The summed E-state index contributed by atoms with van der Waals surface area (Å²) < 4.78 is 1.09. The molecule has 0 saturated heterocycles. The first-order valence-corrected chi connectivity index (χ1v) is 4.26. The van der Waals surface area contributed by atoms with E-state index in [0.29, 0.717) is 0 Å². The number of carboxylic acid groups (broad SMARTS) is 1. The lowest BCUT2D eigenvalue weighted by Crippen LogP contribution is -2.33. The molecule has 11 heavy (non-hydrogen) atoms. The van der Waals surface area contributed by atoms with E-state index < -0.39 is 5.97 Å². The van der Waals surface area contributed by atoms with Gasteiger partial charge in [0.1, 0.15) is 0 Å². The zero-order chi connectivity index (χ0) is 8.27. The zero-order valence-corrected chi connectivity index (χ0v) is 7.67. The van der Waals surface area contributed by atoms with E-state index in [9.17, 15) is 4.79 Å². The third-order valence-corrected chi connectivity index (χ3v) is 2.12. The first-order valence-electron chi connectivity index (χ1n) is 3.47. The summed E-state index contributed by atoms with van der Waals surface area (Å²) in [5, 5.41) is 8.48. The highest BCUT2D eigenvalue weighted by atomic mass is 79.9. The molecule has 1 rings (SSSR count). The fourth-order valence-corrected chi connectivity index (χ4v) is 1.67. The van der Waals surface area contributed by atoms with Crippen molar-refractivity contribution in [2.24, 2.45) is 0 Å². The average Bonchev–Trinajstić information content (AvgIpc) is 1.85. The molecule has 1 aliphatic rings. The van der Waals surface area contributed by atoms with Crippen molar-refractivity contribution >= 4 is 21.9 Å². The monoisotopic (exact) mass is 219 g/mol. The fraction of sp³-hybridized carbons (Fsp3) is 0.571. The van der Waals surface area contributed by atoms with Crippen LogP contribution in [0, 0.1) is 0 Å². The van der Waals surface area contributed by atoms with E-state index in [-0.39, 0.29) is 6.54 Å². The lowest BCUT2D eigenvalue weighted by molar-refractivity contribution is -0.138. The maximum Gasteiger partial charge on any atom is 0.317 e. The van der Waals surface area contributed by atoms with Gasteiger partial charge in [-0.05, 0) is 6.42 Å². The van der Waals surface area contributed by atoms with Gasteiger partial charge >= 0.3 is 5.97 Å². The quantitative estimate of drug-likeness (QED) is 0.756. The maximum atomic E-state index is 10.3. The molecule has 0 unspecified atom stereocenters. The number of hydrogen-bond donors (Lipinski definition) is 1. The molecule has 0 fully saturated rings. The Balaban J connectivity index is 2.38. The second-order valence-corrected chi connectivity index (χ2v) is 3.56. The molecule has 0 aromatic rings. The number of carbonyl (C=O) groups is 1. The van der Waals surface area contributed by atoms with Crippen molar-refractivity contribution in [3.63, 3.8) is 0 Å². The standard InChI is InChI=1S/C7H10BrNO2/c8-6-2-1-3-9(4-6)5-7(10)11/h2H,1,3-5H2,(H,10,11). The van der Waals surface area contributed by atoms with Gasteiger partial charge in [-0.15, -0.1) is 0 Å². The topological polar surface area (TPSA) is 40.5 Å². The third kappa shape index (κ3) is 3.03. The van der Waals surface area contributed by atoms with Crippen LogP contribution in [0.4, 0.5) is 0 Å². The van der Waals surface area contributed by atoms with Crippen LogP contribution in [-0.4, -0.2) is 35.6 Å². The average molecular weight is 220 g/mol. The van der Waals surface area contributed by atoms with Crippen molar-refractivity contribution in [3.05, 3.63) is 10.6 Å². The van der Waals surface area contributed by atoms with Crippen LogP contribution in [-0.2, 0) is 4.79 Å². The largest absolute Gasteiger partial charge is 0.480 e. The number of hydrogen-bond acceptors (Lipinski definition) is 2. The van der Waals surface area contributed by atoms with Crippen LogP contribution in [0.1, 0.15) is 6.42 Å². The van der Waals surface area contributed by atoms with Crippen LogP contribution in [0.5, 0.6) is 0 Å². The van der Waals surface area contributed by atoms with Gasteiger partial charge in [0.25, 0.3) is 0 Å². The van der Waals surface area contributed by atoms with Crippen molar-refractivity contribution in [1.29, 1.82) is 0 Å². The summed E-state index contributed by atoms with van der Waals surface area (Å²) in [6, 6.07) is 0. The van der Waals surface area contributed by atoms with Gasteiger partial charge in [-0.3, -0.25) is 9.69 Å². The summed E-state index contributed by atoms with van der Waals surface area (Å²) in [4.78, 5) is 12.2. The summed E-state index contributed by atoms with van der Waals surface area (Å²) in [6.45, 7) is 1.72. The zero-order valence-electron chi connectivity index (χ0n) is 6.09. The molecule has 0 saturated carbocycles. The van der Waals surface area contributed by atoms with E-state index in [0.717, 1.165) is 24.0 Å². The molecule has 0 radical (unpaired) electrons. The van der Waals surface area contributed by atoms with Crippen LogP contribution in [0.3, 0.4) is 0 Å². The van der Waals surface area contributed by atoms with E-state index in [1.807, 2.05) is 4.90 Å². The summed E-state index contributed by atoms with van der Waals surface area (Å²) in [6.07, 6.45) is 3.02. The van der Waals surface area contributed by atoms with E-state index in [1.54, 1.807) is 0 Å². The van der Waals surface area contributed by atoms with Crippen molar-refractivity contribution in [2.45, 2.75) is 6.42 Å². The first-order chi connectivity index (χ1) is 5.18. The Morgan fingerprint density at radius 2 is 2.55 bits per heavy atom. The number of halogens is 1. The second kappa shape index (κ2) is 3.88. The highest BCUT2D eigenvalue weighted by Crippen LogP contribution is 2.13. The molecule has 3 nitrogen and oxygen atoms in total. The van der Waals surface area contributed by atoms with Gasteiger partial charge in [0.05, 0.1) is 6.54 Å². The first kappa shape index (κ1) is 8.74. The highest BCUT2D eigenvalue weighted by molar-refractivity contribution is 9.11. The van der Waals surface area contributed by atoms with Crippen LogP contribution in [0.15, 0.2) is 10.6 Å². The number of rotatable bonds is 2. The normalized spacial score (nSPS) is 19.5. The van der Waals surface area contributed by atoms with Gasteiger partial charge in [-0.1, -0.05) is 22.0 Å². The Labute approximate surface area is 73.8 Å². The molecule has 0 aromatic heterocycles. The Morgan fingerprint density at radius 1 is 1.82 bits per heavy atom. The fourth-order valence-electron chi connectivity index (χ4n) is 1.09. The van der Waals surface area contributed by atoms with E-state index in [2.05, 4.69) is 22.0 Å². The van der Waals surface area contributed by atoms with Gasteiger partial charge in [-0.2, -0.15) is 0 Å². The Morgan fingerprint density at radius 3 is 3.09 bits per heavy atom. The van der Waals surface area contributed by atoms with Crippen molar-refractivity contribution in [1.82, 2.24) is 4.90 Å². The number of nitrogens with zero attached hydrogens (tertiary/aromatic N) is 1. The minimum atomic E-state index is -0.757. The predicted octanol–water partition coefficient (Wildman–Crippen LogP) is 1.06. The minimum absolute atomic E-state index is 0.142. The maximum absolute atomic E-state index is 10.3. The molecule has 62 valence electrons. The van der Waals surface area contributed by atoms with Gasteiger partial charge in [-0.25, -0.2) is 0 Å². The van der Waals surface area contributed by atoms with Crippen LogP contribution in [0.2, 0.25) is 0 Å². The van der Waals surface area contributed by atoms with Gasteiger partial charge in [0.15, 0.2) is 0 Å². The molecule has 1 aliphatic heterocycles. The summed E-state index contributed by atoms with van der Waals surface area (Å²) in [7, 11) is 0. The van der Waals surface area contributed by atoms with Crippen molar-refractivity contribution < 1.29 is 9.90 Å². The van der Waals surface area contributed by atoms with E-state index in [1.165, 1.54) is 0 Å². The molecule has 4 heteroatoms. The summed E-state index contributed by atoms with van der Waals surface area (Å²) >= 11 is 3.35. The predicted molar refractivity (Wildman–Crippen MR) is 45.7 cm³/mol. The molecule has 0 spiro atoms. The smallest absolute Gasteiger partial charge is 0.317 e. The lowest BCUT2D eigenvalue weighted by Gasteiger charge is -2.22. The molecular weight excluding hydrogens is 210 g/mol. The lowest BCUT2D eigenvalue weighted by atomic mass is 10.2. The van der Waals surface area contributed by atoms with Gasteiger partial charge in [0.2, 0.25) is 0 Å². The van der Waals surface area contributed by atoms with E-state index >= 15 is 0 Å². The Bertz CT molecular complexity index is 191. The number of aliphatic carboxylic acids is 1. The van der Waals surface area contributed by atoms with Crippen LogP contribution >= 0.6 is 15.9 Å². The summed E-state index contributed by atoms with van der Waals surface area (Å²) in [5.41, 5.74) is 0. The number of carboxylic acids is 1. The summed E-state index contributed by atoms with van der Waals surface area (Å²) in [5.74, 6) is -0.757. The van der Waals surface area contributed by atoms with Gasteiger partial charge < -0.3 is 5.11 Å². The molecule has 0 aromatic carbocycles.